The number of nitrogens with one attached hydrogen (secondary N) is 1. The van der Waals surface area contributed by atoms with Gasteiger partial charge in [-0.25, -0.2) is 4.98 Å². The number of alkyl halides is 3. The van der Waals surface area contributed by atoms with Gasteiger partial charge in [-0.15, -0.1) is 11.3 Å². The van der Waals surface area contributed by atoms with Gasteiger partial charge in [0.25, 0.3) is 0 Å². The van der Waals surface area contributed by atoms with Crippen molar-refractivity contribution in [3.63, 3.8) is 0 Å². The minimum Gasteiger partial charge on any atom is -0.310 e. The second-order valence-electron chi connectivity index (χ2n) is 5.16. The van der Waals surface area contributed by atoms with Gasteiger partial charge >= 0.3 is 6.18 Å². The van der Waals surface area contributed by atoms with Crippen molar-refractivity contribution in [3.8, 4) is 0 Å². The molecule has 1 fully saturated rings. The number of halogens is 3. The van der Waals surface area contributed by atoms with E-state index in [4.69, 9.17) is 0 Å². The lowest BCUT2D eigenvalue weighted by Gasteiger charge is -2.22. The smallest absolute Gasteiger partial charge is 0.310 e. The highest BCUT2D eigenvalue weighted by Gasteiger charge is 2.38. The SMILES string of the molecule is CCCNCc1nc(CN(CC(F)(F)F)C2CC2)cs1. The third-order valence-corrected chi connectivity index (χ3v) is 4.01. The molecular formula is C13H20F3N3S. The van der Waals surface area contributed by atoms with Gasteiger partial charge in [0.15, 0.2) is 0 Å². The molecule has 1 aromatic heterocycles. The molecule has 0 spiro atoms. The second-order valence-corrected chi connectivity index (χ2v) is 6.10. The Morgan fingerprint density at radius 1 is 1.45 bits per heavy atom. The third kappa shape index (κ3) is 5.38. The minimum absolute atomic E-state index is 0.0833. The molecule has 1 N–H and O–H groups in total. The van der Waals surface area contributed by atoms with Gasteiger partial charge in [-0.3, -0.25) is 4.90 Å². The molecule has 1 aliphatic carbocycles. The average molecular weight is 307 g/mol. The summed E-state index contributed by atoms with van der Waals surface area (Å²) in [6.07, 6.45) is -1.35. The van der Waals surface area contributed by atoms with Crippen LogP contribution in [0, 0.1) is 0 Å². The molecule has 0 aromatic carbocycles. The van der Waals surface area contributed by atoms with Crippen LogP contribution in [0.15, 0.2) is 5.38 Å². The molecule has 0 unspecified atom stereocenters. The Balaban J connectivity index is 1.87. The normalized spacial score (nSPS) is 16.1. The molecule has 0 radical (unpaired) electrons. The molecule has 114 valence electrons. The summed E-state index contributed by atoms with van der Waals surface area (Å²) in [5.41, 5.74) is 0.749. The topological polar surface area (TPSA) is 28.2 Å². The fraction of sp³-hybridized carbons (Fsp3) is 0.769. The van der Waals surface area contributed by atoms with E-state index >= 15 is 0 Å². The summed E-state index contributed by atoms with van der Waals surface area (Å²) in [5, 5.41) is 6.06. The van der Waals surface area contributed by atoms with Crippen LogP contribution in [-0.2, 0) is 13.1 Å². The van der Waals surface area contributed by atoms with Crippen LogP contribution in [0.5, 0.6) is 0 Å². The van der Waals surface area contributed by atoms with E-state index in [1.165, 1.54) is 16.2 Å². The van der Waals surface area contributed by atoms with E-state index in [0.29, 0.717) is 13.1 Å². The Bertz CT molecular complexity index is 415. The highest BCUT2D eigenvalue weighted by Crippen LogP contribution is 2.31. The highest BCUT2D eigenvalue weighted by molar-refractivity contribution is 7.09. The number of thiazole rings is 1. The molecule has 0 atom stereocenters. The fourth-order valence-corrected chi connectivity index (χ4v) is 2.82. The lowest BCUT2D eigenvalue weighted by atomic mass is 10.3. The van der Waals surface area contributed by atoms with E-state index in [1.54, 1.807) is 0 Å². The van der Waals surface area contributed by atoms with E-state index in [-0.39, 0.29) is 6.04 Å². The van der Waals surface area contributed by atoms with Gasteiger partial charge in [0, 0.05) is 24.5 Å². The maximum absolute atomic E-state index is 12.5. The van der Waals surface area contributed by atoms with Crippen molar-refractivity contribution in [1.82, 2.24) is 15.2 Å². The minimum atomic E-state index is -4.13. The quantitative estimate of drug-likeness (QED) is 0.748. The van der Waals surface area contributed by atoms with E-state index < -0.39 is 12.7 Å². The van der Waals surface area contributed by atoms with Gasteiger partial charge in [-0.1, -0.05) is 6.92 Å². The molecule has 0 saturated heterocycles. The maximum atomic E-state index is 12.5. The monoisotopic (exact) mass is 307 g/mol. The zero-order valence-electron chi connectivity index (χ0n) is 11.5. The van der Waals surface area contributed by atoms with Crippen LogP contribution in [-0.4, -0.2) is 35.2 Å². The number of rotatable bonds is 8. The third-order valence-electron chi connectivity index (χ3n) is 3.11. The summed E-state index contributed by atoms with van der Waals surface area (Å²) in [7, 11) is 0. The van der Waals surface area contributed by atoms with Gasteiger partial charge in [0.05, 0.1) is 12.2 Å². The van der Waals surface area contributed by atoms with Crippen LogP contribution in [0.3, 0.4) is 0 Å². The molecular weight excluding hydrogens is 287 g/mol. The first-order valence-corrected chi connectivity index (χ1v) is 7.80. The molecule has 3 nitrogen and oxygen atoms in total. The Morgan fingerprint density at radius 3 is 2.80 bits per heavy atom. The van der Waals surface area contributed by atoms with Gasteiger partial charge in [0.2, 0.25) is 0 Å². The van der Waals surface area contributed by atoms with Gasteiger partial charge in [-0.05, 0) is 25.8 Å². The van der Waals surface area contributed by atoms with E-state index in [2.05, 4.69) is 17.2 Å². The van der Waals surface area contributed by atoms with Crippen LogP contribution >= 0.6 is 11.3 Å². The summed E-state index contributed by atoms with van der Waals surface area (Å²) in [5.74, 6) is 0. The molecule has 1 heterocycles. The molecule has 0 amide bonds. The predicted octanol–water partition coefficient (Wildman–Crippen LogP) is 3.17. The van der Waals surface area contributed by atoms with E-state index in [0.717, 1.165) is 36.5 Å². The average Bonchev–Trinajstić information content (AvgIpc) is 3.10. The molecule has 1 aromatic rings. The lowest BCUT2D eigenvalue weighted by molar-refractivity contribution is -0.148. The van der Waals surface area contributed by atoms with Crippen molar-refractivity contribution < 1.29 is 13.2 Å². The summed E-state index contributed by atoms with van der Waals surface area (Å²) in [6, 6.07) is 0.0833. The van der Waals surface area contributed by atoms with Crippen molar-refractivity contribution in [2.75, 3.05) is 13.1 Å². The summed E-state index contributed by atoms with van der Waals surface area (Å²) in [6.45, 7) is 3.18. The van der Waals surface area contributed by atoms with Gasteiger partial charge < -0.3 is 5.32 Å². The molecule has 20 heavy (non-hydrogen) atoms. The van der Waals surface area contributed by atoms with Crippen LogP contribution in [0.25, 0.3) is 0 Å². The molecule has 2 rings (SSSR count). The first-order chi connectivity index (χ1) is 9.48. The molecule has 0 aliphatic heterocycles. The van der Waals surface area contributed by atoms with E-state index in [1.807, 2.05) is 5.38 Å². The fourth-order valence-electron chi connectivity index (χ4n) is 2.07. The predicted molar refractivity (Wildman–Crippen MR) is 73.6 cm³/mol. The number of aromatic nitrogens is 1. The first kappa shape index (κ1) is 15.7. The van der Waals surface area contributed by atoms with Crippen LogP contribution in [0.1, 0.15) is 36.9 Å². The maximum Gasteiger partial charge on any atom is 0.401 e. The summed E-state index contributed by atoms with van der Waals surface area (Å²) < 4.78 is 37.6. The van der Waals surface area contributed by atoms with Gasteiger partial charge in [0.1, 0.15) is 5.01 Å². The highest BCUT2D eigenvalue weighted by atomic mass is 32.1. The lowest BCUT2D eigenvalue weighted by Crippen LogP contribution is -2.35. The number of hydrogen-bond acceptors (Lipinski definition) is 4. The van der Waals surface area contributed by atoms with Crippen LogP contribution < -0.4 is 5.32 Å². The number of nitrogens with zero attached hydrogens (tertiary/aromatic N) is 2. The van der Waals surface area contributed by atoms with E-state index in [9.17, 15) is 13.2 Å². The molecule has 1 saturated carbocycles. The largest absolute Gasteiger partial charge is 0.401 e. The molecule has 0 bridgehead atoms. The Hall–Kier alpha value is -0.660. The molecule has 1 aliphatic rings. The number of hydrogen-bond donors (Lipinski definition) is 1. The second kappa shape index (κ2) is 6.87. The zero-order valence-corrected chi connectivity index (χ0v) is 12.4. The van der Waals surface area contributed by atoms with Crippen molar-refractivity contribution in [3.05, 3.63) is 16.1 Å². The summed E-state index contributed by atoms with van der Waals surface area (Å²) in [4.78, 5) is 5.91. The van der Waals surface area contributed by atoms with Crippen molar-refractivity contribution in [1.29, 1.82) is 0 Å². The Labute approximate surface area is 121 Å². The van der Waals surface area contributed by atoms with Crippen molar-refractivity contribution in [2.45, 2.75) is 51.5 Å². The van der Waals surface area contributed by atoms with Crippen LogP contribution in [0.4, 0.5) is 13.2 Å². The van der Waals surface area contributed by atoms with Gasteiger partial charge in [-0.2, -0.15) is 13.2 Å². The van der Waals surface area contributed by atoms with Crippen molar-refractivity contribution in [2.24, 2.45) is 0 Å². The Kier molecular flexibility index (Phi) is 5.40. The van der Waals surface area contributed by atoms with Crippen LogP contribution in [0.2, 0.25) is 0 Å². The zero-order chi connectivity index (χ0) is 14.6. The standard InChI is InChI=1S/C13H20F3N3S/c1-2-5-17-6-12-18-10(8-20-12)7-19(11-3-4-11)9-13(14,15)16/h8,11,17H,2-7,9H2,1H3. The Morgan fingerprint density at radius 2 is 2.20 bits per heavy atom. The first-order valence-electron chi connectivity index (χ1n) is 6.92. The summed E-state index contributed by atoms with van der Waals surface area (Å²) >= 11 is 1.51. The van der Waals surface area contributed by atoms with Crippen molar-refractivity contribution >= 4 is 11.3 Å². The molecule has 7 heteroatoms.